The lowest BCUT2D eigenvalue weighted by Crippen LogP contribution is -2.36. The Labute approximate surface area is 260 Å². The summed E-state index contributed by atoms with van der Waals surface area (Å²) in [5, 5.41) is 10.3. The molecular weight excluding hydrogens is 560 g/mol. The molecule has 8 unspecified atom stereocenters. The molecule has 4 bridgehead atoms. The number of likely N-dealkylation sites (tertiary alicyclic amines) is 2. The lowest BCUT2D eigenvalue weighted by Gasteiger charge is -2.29. The smallest absolute Gasteiger partial charge is 0.234 e. The number of rotatable bonds is 18. The Morgan fingerprint density at radius 2 is 1.18 bits per heavy atom. The molecule has 0 aromatic rings. The summed E-state index contributed by atoms with van der Waals surface area (Å²) in [5.41, 5.74) is -0.486. The van der Waals surface area contributed by atoms with Crippen LogP contribution in [0.3, 0.4) is 0 Å². The van der Waals surface area contributed by atoms with Gasteiger partial charge in [0.2, 0.25) is 23.6 Å². The van der Waals surface area contributed by atoms with Gasteiger partial charge in [-0.15, -0.1) is 13.2 Å². The second kappa shape index (κ2) is 12.5. The molecule has 238 valence electrons. The van der Waals surface area contributed by atoms with Crippen LogP contribution in [0.2, 0.25) is 0 Å². The van der Waals surface area contributed by atoms with Gasteiger partial charge in [0.15, 0.2) is 0 Å². The van der Waals surface area contributed by atoms with E-state index in [1.807, 2.05) is 12.2 Å². The highest BCUT2D eigenvalue weighted by molar-refractivity contribution is 6.07. The van der Waals surface area contributed by atoms with Crippen LogP contribution in [0.1, 0.15) is 51.4 Å². The fourth-order valence-electron chi connectivity index (χ4n) is 9.28. The summed E-state index contributed by atoms with van der Waals surface area (Å²) in [6, 6.07) is 0. The number of aliphatic hydroxyl groups excluding tert-OH is 1. The third kappa shape index (κ3) is 5.14. The zero-order valence-corrected chi connectivity index (χ0v) is 25.6. The van der Waals surface area contributed by atoms with Crippen molar-refractivity contribution in [3.8, 4) is 0 Å². The quantitative estimate of drug-likeness (QED) is 0.145. The van der Waals surface area contributed by atoms with Crippen molar-refractivity contribution in [1.29, 1.82) is 0 Å². The summed E-state index contributed by atoms with van der Waals surface area (Å²) >= 11 is 0. The number of nitrogens with zero attached hydrogens (tertiary/aromatic N) is 2. The van der Waals surface area contributed by atoms with Gasteiger partial charge in [0.05, 0.1) is 29.8 Å². The fourth-order valence-corrected chi connectivity index (χ4v) is 9.28. The van der Waals surface area contributed by atoms with E-state index in [0.717, 1.165) is 25.7 Å². The molecule has 0 aromatic carbocycles. The van der Waals surface area contributed by atoms with E-state index in [2.05, 4.69) is 37.5 Å². The zero-order chi connectivity index (χ0) is 31.1. The molecule has 4 aliphatic carbocycles. The molecule has 0 aromatic heterocycles. The lowest BCUT2D eigenvalue weighted by atomic mass is 9.73. The van der Waals surface area contributed by atoms with Crippen molar-refractivity contribution in [3.63, 3.8) is 0 Å². The summed E-state index contributed by atoms with van der Waals surface area (Å²) in [6.07, 6.45) is 16.9. The number of hydrogen-bond acceptors (Lipinski definition) is 7. The Bertz CT molecular complexity index is 1170. The van der Waals surface area contributed by atoms with Gasteiger partial charge in [-0.2, -0.15) is 0 Å². The minimum Gasteiger partial charge on any atom is -0.393 e. The van der Waals surface area contributed by atoms with E-state index >= 15 is 0 Å². The normalized spacial score (nSPS) is 36.7. The molecule has 4 amide bonds. The molecule has 44 heavy (non-hydrogen) atoms. The predicted molar refractivity (Wildman–Crippen MR) is 163 cm³/mol. The third-order valence-electron chi connectivity index (χ3n) is 11.2. The number of allylic oxidation sites excluding steroid dienone is 6. The highest BCUT2D eigenvalue weighted by atomic mass is 16.5. The first-order valence-electron chi connectivity index (χ1n) is 16.4. The first-order valence-corrected chi connectivity index (χ1v) is 16.4. The van der Waals surface area contributed by atoms with Crippen LogP contribution in [0.5, 0.6) is 0 Å². The molecule has 2 heterocycles. The average Bonchev–Trinajstić information content (AvgIpc) is 3.83. The maximum atomic E-state index is 13.2. The number of fused-ring (bicyclic) bond motifs is 10. The molecule has 6 rings (SSSR count). The fraction of sp³-hybridized carbons (Fsp3) is 0.657. The molecule has 6 aliphatic rings. The summed E-state index contributed by atoms with van der Waals surface area (Å²) in [5.74, 6) is -0.832. The van der Waals surface area contributed by atoms with Crippen LogP contribution in [0.4, 0.5) is 0 Å². The van der Waals surface area contributed by atoms with Crippen molar-refractivity contribution in [2.24, 2.45) is 46.3 Å². The highest BCUT2D eigenvalue weighted by Gasteiger charge is 2.66. The van der Waals surface area contributed by atoms with Crippen molar-refractivity contribution in [2.75, 3.05) is 39.5 Å². The molecule has 9 nitrogen and oxygen atoms in total. The standard InChI is InChI=1S/C35H46N2O7/c1-3-11-34-13-7-23(21-34)26-28(34)32(41)36(30(26)39)15-5-17-43-19-9-25(38)10-20-44-18-6-16-37-31(40)27-24-8-14-35(22-24,12-4-2)29(27)33(37)42/h3-4,7-8,13-14,23-29,38H,1-2,5-6,9-12,15-22H2. The summed E-state index contributed by atoms with van der Waals surface area (Å²) < 4.78 is 11.4. The molecular formula is C35H46N2O7. The van der Waals surface area contributed by atoms with Crippen molar-refractivity contribution < 1.29 is 33.8 Å². The first kappa shape index (κ1) is 31.1. The van der Waals surface area contributed by atoms with Crippen LogP contribution in [-0.4, -0.2) is 84.2 Å². The molecule has 0 spiro atoms. The minimum atomic E-state index is -0.565. The van der Waals surface area contributed by atoms with Gasteiger partial charge in [-0.1, -0.05) is 36.5 Å². The van der Waals surface area contributed by atoms with Crippen LogP contribution in [0, 0.1) is 46.3 Å². The number of ether oxygens (including phenoxy) is 2. The van der Waals surface area contributed by atoms with Crippen molar-refractivity contribution in [1.82, 2.24) is 9.80 Å². The van der Waals surface area contributed by atoms with Gasteiger partial charge in [0, 0.05) is 50.3 Å². The van der Waals surface area contributed by atoms with E-state index in [4.69, 9.17) is 9.47 Å². The van der Waals surface area contributed by atoms with E-state index in [-0.39, 0.29) is 70.0 Å². The molecule has 2 aliphatic heterocycles. The molecule has 9 heteroatoms. The van der Waals surface area contributed by atoms with E-state index in [1.165, 1.54) is 9.80 Å². The van der Waals surface area contributed by atoms with E-state index < -0.39 is 6.10 Å². The topological polar surface area (TPSA) is 113 Å². The number of amides is 4. The van der Waals surface area contributed by atoms with Gasteiger partial charge in [-0.05, 0) is 63.2 Å². The minimum absolute atomic E-state index is 0.0435. The lowest BCUT2D eigenvalue weighted by molar-refractivity contribution is -0.143. The van der Waals surface area contributed by atoms with Gasteiger partial charge >= 0.3 is 0 Å². The molecule has 0 radical (unpaired) electrons. The summed E-state index contributed by atoms with van der Waals surface area (Å²) in [7, 11) is 0. The van der Waals surface area contributed by atoms with Crippen LogP contribution >= 0.6 is 0 Å². The molecule has 2 saturated carbocycles. The van der Waals surface area contributed by atoms with Crippen LogP contribution < -0.4 is 0 Å². The number of imide groups is 2. The zero-order valence-electron chi connectivity index (χ0n) is 25.6. The van der Waals surface area contributed by atoms with Gasteiger partial charge in [0.25, 0.3) is 0 Å². The van der Waals surface area contributed by atoms with Crippen molar-refractivity contribution >= 4 is 23.6 Å². The van der Waals surface area contributed by atoms with Gasteiger partial charge in [-0.25, -0.2) is 0 Å². The van der Waals surface area contributed by atoms with Crippen LogP contribution in [0.15, 0.2) is 49.6 Å². The van der Waals surface area contributed by atoms with Gasteiger partial charge < -0.3 is 14.6 Å². The molecule has 4 fully saturated rings. The average molecular weight is 607 g/mol. The maximum absolute atomic E-state index is 13.2. The van der Waals surface area contributed by atoms with E-state index in [1.54, 1.807) is 0 Å². The largest absolute Gasteiger partial charge is 0.393 e. The number of aliphatic hydroxyl groups is 1. The predicted octanol–water partition coefficient (Wildman–Crippen LogP) is 3.45. The Morgan fingerprint density at radius 3 is 1.59 bits per heavy atom. The second-order valence-electron chi connectivity index (χ2n) is 13.7. The van der Waals surface area contributed by atoms with Crippen molar-refractivity contribution in [3.05, 3.63) is 49.6 Å². The van der Waals surface area contributed by atoms with Crippen LogP contribution in [-0.2, 0) is 28.7 Å². The molecule has 8 atom stereocenters. The SMILES string of the molecule is C=CCC12C=CC(C1)C1C(=O)N(CCCOCCC(O)CCOCCCN3C(=O)C4C5C=CC(CC=C)(C5)C4C3=O)C(=O)C12. The second-order valence-corrected chi connectivity index (χ2v) is 13.7. The number of carbonyl (C=O) groups excluding carboxylic acids is 4. The van der Waals surface area contributed by atoms with E-state index in [0.29, 0.717) is 65.2 Å². The Kier molecular flexibility index (Phi) is 8.83. The number of hydrogen-bond donors (Lipinski definition) is 1. The number of carbonyl (C=O) groups is 4. The van der Waals surface area contributed by atoms with E-state index in [9.17, 15) is 24.3 Å². The third-order valence-corrected chi connectivity index (χ3v) is 11.2. The van der Waals surface area contributed by atoms with Gasteiger partial charge in [-0.3, -0.25) is 29.0 Å². The highest BCUT2D eigenvalue weighted by Crippen LogP contribution is 2.62. The Hall–Kier alpha value is -2.88. The maximum Gasteiger partial charge on any atom is 0.234 e. The van der Waals surface area contributed by atoms with Crippen molar-refractivity contribution in [2.45, 2.75) is 57.5 Å². The van der Waals surface area contributed by atoms with Crippen LogP contribution in [0.25, 0.3) is 0 Å². The Morgan fingerprint density at radius 1 is 0.750 bits per heavy atom. The molecule has 1 N–H and O–H groups in total. The summed E-state index contributed by atoms with van der Waals surface area (Å²) in [6.45, 7) is 10.0. The monoisotopic (exact) mass is 606 g/mol. The molecule has 2 saturated heterocycles. The van der Waals surface area contributed by atoms with Gasteiger partial charge in [0.1, 0.15) is 0 Å². The summed E-state index contributed by atoms with van der Waals surface area (Å²) in [4.78, 5) is 55.2. The Balaban J connectivity index is 0.814. The first-order chi connectivity index (χ1) is 21.3.